The van der Waals surface area contributed by atoms with Crippen LogP contribution in [0.4, 0.5) is 0 Å². The molecule has 0 radical (unpaired) electrons. The number of nitrogens with one attached hydrogen (secondary N) is 1. The van der Waals surface area contributed by atoms with E-state index >= 15 is 0 Å². The monoisotopic (exact) mass is 241 g/mol. The van der Waals surface area contributed by atoms with Crippen molar-refractivity contribution in [1.29, 1.82) is 0 Å². The molecule has 1 heterocycles. The second-order valence-electron chi connectivity index (χ2n) is 6.65. The van der Waals surface area contributed by atoms with Crippen LogP contribution in [0.1, 0.15) is 52.9 Å². The van der Waals surface area contributed by atoms with Crippen LogP contribution < -0.4 is 5.32 Å². The molecule has 0 aromatic heterocycles. The standard InChI is InChI=1S/C14H27NO2/c1-13(2,3)8-9-15-12-4-6-14(7-5-12)16-10-11-17-14/h12,15H,4-11H2,1-3H3. The van der Waals surface area contributed by atoms with Gasteiger partial charge in [-0.15, -0.1) is 0 Å². The molecule has 0 bridgehead atoms. The van der Waals surface area contributed by atoms with Gasteiger partial charge in [0.05, 0.1) is 13.2 Å². The minimum absolute atomic E-state index is 0.206. The molecule has 1 saturated carbocycles. The lowest BCUT2D eigenvalue weighted by Crippen LogP contribution is -2.42. The fraction of sp³-hybridized carbons (Fsp3) is 1.00. The first-order chi connectivity index (χ1) is 7.99. The van der Waals surface area contributed by atoms with E-state index in [1.807, 2.05) is 0 Å². The molecular weight excluding hydrogens is 214 g/mol. The van der Waals surface area contributed by atoms with E-state index in [1.54, 1.807) is 0 Å². The van der Waals surface area contributed by atoms with Gasteiger partial charge in [-0.05, 0) is 31.2 Å². The van der Waals surface area contributed by atoms with Gasteiger partial charge in [-0.1, -0.05) is 20.8 Å². The molecule has 2 aliphatic rings. The first kappa shape index (κ1) is 13.3. The topological polar surface area (TPSA) is 30.5 Å². The van der Waals surface area contributed by atoms with Crippen LogP contribution in [0.2, 0.25) is 0 Å². The van der Waals surface area contributed by atoms with Crippen LogP contribution in [-0.4, -0.2) is 31.6 Å². The lowest BCUT2D eigenvalue weighted by Gasteiger charge is -2.36. The third kappa shape index (κ3) is 3.94. The van der Waals surface area contributed by atoms with Crippen molar-refractivity contribution >= 4 is 0 Å². The summed E-state index contributed by atoms with van der Waals surface area (Å²) in [6.45, 7) is 9.58. The van der Waals surface area contributed by atoms with E-state index in [-0.39, 0.29) is 5.79 Å². The van der Waals surface area contributed by atoms with Crippen LogP contribution in [0, 0.1) is 5.41 Å². The second-order valence-corrected chi connectivity index (χ2v) is 6.65. The normalized spacial score (nSPS) is 25.6. The van der Waals surface area contributed by atoms with Gasteiger partial charge in [0.1, 0.15) is 0 Å². The molecular formula is C14H27NO2. The van der Waals surface area contributed by atoms with Crippen LogP contribution in [0.15, 0.2) is 0 Å². The predicted octanol–water partition coefficient (Wildman–Crippen LogP) is 2.70. The van der Waals surface area contributed by atoms with Crippen molar-refractivity contribution in [2.45, 2.75) is 64.7 Å². The van der Waals surface area contributed by atoms with Crippen LogP contribution in [0.25, 0.3) is 0 Å². The Hall–Kier alpha value is -0.120. The van der Waals surface area contributed by atoms with E-state index in [0.29, 0.717) is 11.5 Å². The molecule has 17 heavy (non-hydrogen) atoms. The van der Waals surface area contributed by atoms with Gasteiger partial charge in [0.25, 0.3) is 0 Å². The molecule has 0 aromatic carbocycles. The molecule has 0 amide bonds. The van der Waals surface area contributed by atoms with Crippen LogP contribution >= 0.6 is 0 Å². The highest BCUT2D eigenvalue weighted by molar-refractivity contribution is 4.85. The molecule has 1 N–H and O–H groups in total. The number of hydrogen-bond acceptors (Lipinski definition) is 3. The van der Waals surface area contributed by atoms with Gasteiger partial charge in [-0.3, -0.25) is 0 Å². The first-order valence-electron chi connectivity index (χ1n) is 7.00. The summed E-state index contributed by atoms with van der Waals surface area (Å²) in [5.41, 5.74) is 0.431. The summed E-state index contributed by atoms with van der Waals surface area (Å²) in [7, 11) is 0. The van der Waals surface area contributed by atoms with Gasteiger partial charge in [-0.2, -0.15) is 0 Å². The Morgan fingerprint density at radius 1 is 1.12 bits per heavy atom. The molecule has 3 nitrogen and oxygen atoms in total. The van der Waals surface area contributed by atoms with Crippen molar-refractivity contribution in [2.24, 2.45) is 5.41 Å². The zero-order valence-corrected chi connectivity index (χ0v) is 11.6. The van der Waals surface area contributed by atoms with Crippen molar-refractivity contribution in [2.75, 3.05) is 19.8 Å². The largest absolute Gasteiger partial charge is 0.348 e. The first-order valence-corrected chi connectivity index (χ1v) is 7.00. The SMILES string of the molecule is CC(C)(C)CCNC1CCC2(CC1)OCCO2. The molecule has 3 heteroatoms. The maximum Gasteiger partial charge on any atom is 0.168 e. The average Bonchev–Trinajstić information content (AvgIpc) is 2.68. The summed E-state index contributed by atoms with van der Waals surface area (Å²) in [6.07, 6.45) is 5.72. The van der Waals surface area contributed by atoms with Crippen molar-refractivity contribution in [3.05, 3.63) is 0 Å². The smallest absolute Gasteiger partial charge is 0.168 e. The van der Waals surface area contributed by atoms with Crippen molar-refractivity contribution in [3.63, 3.8) is 0 Å². The zero-order valence-electron chi connectivity index (χ0n) is 11.6. The van der Waals surface area contributed by atoms with Gasteiger partial charge in [0.15, 0.2) is 5.79 Å². The summed E-state index contributed by atoms with van der Waals surface area (Å²) in [5.74, 6) is -0.206. The molecule has 1 spiro atoms. The van der Waals surface area contributed by atoms with E-state index < -0.39 is 0 Å². The second kappa shape index (κ2) is 5.25. The molecule has 0 atom stereocenters. The summed E-state index contributed by atoms with van der Waals surface area (Å²) < 4.78 is 11.5. The lowest BCUT2D eigenvalue weighted by molar-refractivity contribution is -0.179. The molecule has 1 saturated heterocycles. The predicted molar refractivity (Wildman–Crippen MR) is 69.0 cm³/mol. The van der Waals surface area contributed by atoms with E-state index in [9.17, 15) is 0 Å². The Labute approximate surface area is 105 Å². The van der Waals surface area contributed by atoms with Gasteiger partial charge >= 0.3 is 0 Å². The summed E-state index contributed by atoms with van der Waals surface area (Å²) in [6, 6.07) is 0.663. The van der Waals surface area contributed by atoms with Crippen molar-refractivity contribution in [1.82, 2.24) is 5.32 Å². The number of ether oxygens (including phenoxy) is 2. The summed E-state index contributed by atoms with van der Waals surface area (Å²) in [5, 5.41) is 3.67. The number of rotatable bonds is 3. The minimum atomic E-state index is -0.206. The summed E-state index contributed by atoms with van der Waals surface area (Å²) >= 11 is 0. The molecule has 2 fully saturated rings. The Kier molecular flexibility index (Phi) is 4.11. The molecule has 1 aliphatic heterocycles. The molecule has 0 unspecified atom stereocenters. The average molecular weight is 241 g/mol. The highest BCUT2D eigenvalue weighted by Crippen LogP contribution is 2.35. The van der Waals surface area contributed by atoms with Crippen molar-refractivity contribution in [3.8, 4) is 0 Å². The Morgan fingerprint density at radius 2 is 1.71 bits per heavy atom. The maximum absolute atomic E-state index is 5.74. The molecule has 0 aromatic rings. The Balaban J connectivity index is 1.65. The Bertz CT molecular complexity index is 231. The molecule has 100 valence electrons. The van der Waals surface area contributed by atoms with Gasteiger partial charge in [0.2, 0.25) is 0 Å². The highest BCUT2D eigenvalue weighted by atomic mass is 16.7. The van der Waals surface area contributed by atoms with Gasteiger partial charge < -0.3 is 14.8 Å². The van der Waals surface area contributed by atoms with Gasteiger partial charge in [-0.25, -0.2) is 0 Å². The van der Waals surface area contributed by atoms with Crippen LogP contribution in [0.5, 0.6) is 0 Å². The maximum atomic E-state index is 5.74. The highest BCUT2D eigenvalue weighted by Gasteiger charge is 2.40. The van der Waals surface area contributed by atoms with E-state index in [1.165, 1.54) is 19.3 Å². The fourth-order valence-corrected chi connectivity index (χ4v) is 2.70. The minimum Gasteiger partial charge on any atom is -0.348 e. The third-order valence-electron chi connectivity index (χ3n) is 3.87. The molecule has 2 rings (SSSR count). The molecule has 1 aliphatic carbocycles. The quantitative estimate of drug-likeness (QED) is 0.824. The van der Waals surface area contributed by atoms with Crippen LogP contribution in [-0.2, 0) is 9.47 Å². The fourth-order valence-electron chi connectivity index (χ4n) is 2.70. The Morgan fingerprint density at radius 3 is 2.24 bits per heavy atom. The van der Waals surface area contributed by atoms with Crippen molar-refractivity contribution < 1.29 is 9.47 Å². The van der Waals surface area contributed by atoms with Gasteiger partial charge in [0, 0.05) is 18.9 Å². The zero-order chi connectivity index (χ0) is 12.4. The van der Waals surface area contributed by atoms with E-state index in [2.05, 4.69) is 26.1 Å². The number of hydrogen-bond donors (Lipinski definition) is 1. The van der Waals surface area contributed by atoms with Crippen LogP contribution in [0.3, 0.4) is 0 Å². The van der Waals surface area contributed by atoms with E-state index in [0.717, 1.165) is 32.6 Å². The summed E-state index contributed by atoms with van der Waals surface area (Å²) in [4.78, 5) is 0. The lowest BCUT2D eigenvalue weighted by atomic mass is 9.89. The third-order valence-corrected chi connectivity index (χ3v) is 3.87. The van der Waals surface area contributed by atoms with E-state index in [4.69, 9.17) is 9.47 Å².